The zero-order valence-electron chi connectivity index (χ0n) is 11.8. The van der Waals surface area contributed by atoms with E-state index in [1.54, 1.807) is 0 Å². The van der Waals surface area contributed by atoms with Crippen LogP contribution in [0.25, 0.3) is 0 Å². The number of hydrogen-bond acceptors (Lipinski definition) is 2. The quantitative estimate of drug-likeness (QED) is 0.764. The van der Waals surface area contributed by atoms with Gasteiger partial charge in [0.2, 0.25) is 0 Å². The Balaban J connectivity index is 2.18. The van der Waals surface area contributed by atoms with Crippen LogP contribution in [0.1, 0.15) is 50.4 Å². The van der Waals surface area contributed by atoms with Crippen molar-refractivity contribution >= 4 is 5.78 Å². The van der Waals surface area contributed by atoms with E-state index in [0.29, 0.717) is 23.1 Å². The topological polar surface area (TPSA) is 26.3 Å². The van der Waals surface area contributed by atoms with E-state index in [1.165, 1.54) is 31.5 Å². The highest BCUT2D eigenvalue weighted by Crippen LogP contribution is 2.32. The molecule has 0 N–H and O–H groups in total. The summed E-state index contributed by atoms with van der Waals surface area (Å²) in [5, 5.41) is 0. The number of benzene rings is 1. The van der Waals surface area contributed by atoms with Gasteiger partial charge >= 0.3 is 0 Å². The molecular weight excluding hydrogens is 243 g/mol. The lowest BCUT2D eigenvalue weighted by atomic mass is 9.82. The van der Waals surface area contributed by atoms with Gasteiger partial charge in [-0.3, -0.25) is 4.79 Å². The van der Waals surface area contributed by atoms with Crippen LogP contribution in [0.3, 0.4) is 0 Å². The maximum Gasteiger partial charge on any atom is 0.163 e. The van der Waals surface area contributed by atoms with Gasteiger partial charge in [0.1, 0.15) is 11.6 Å². The largest absolute Gasteiger partial charge is 0.490 e. The van der Waals surface area contributed by atoms with Crippen molar-refractivity contribution in [2.45, 2.75) is 46.1 Å². The SMILES string of the molecule is CC(=O)c1ccc(F)cc1OC1CC(C)CC(C)C1. The molecule has 3 heteroatoms. The Hall–Kier alpha value is -1.38. The van der Waals surface area contributed by atoms with Crippen LogP contribution >= 0.6 is 0 Å². The van der Waals surface area contributed by atoms with Gasteiger partial charge in [0, 0.05) is 6.07 Å². The Morgan fingerprint density at radius 1 is 1.21 bits per heavy atom. The molecule has 1 saturated carbocycles. The Morgan fingerprint density at radius 3 is 2.42 bits per heavy atom. The number of hydrogen-bond donors (Lipinski definition) is 0. The van der Waals surface area contributed by atoms with Crippen LogP contribution < -0.4 is 4.74 Å². The molecule has 0 spiro atoms. The highest BCUT2D eigenvalue weighted by molar-refractivity contribution is 5.96. The summed E-state index contributed by atoms with van der Waals surface area (Å²) in [6.45, 7) is 5.90. The first-order valence-electron chi connectivity index (χ1n) is 6.93. The fraction of sp³-hybridized carbons (Fsp3) is 0.562. The van der Waals surface area contributed by atoms with Crippen molar-refractivity contribution in [3.8, 4) is 5.75 Å². The summed E-state index contributed by atoms with van der Waals surface area (Å²) in [6.07, 6.45) is 3.23. The predicted octanol–water partition coefficient (Wildman–Crippen LogP) is 4.23. The standard InChI is InChI=1S/C16H21FO2/c1-10-6-11(2)8-14(7-10)19-16-9-13(17)4-5-15(16)12(3)18/h4-5,9-11,14H,6-8H2,1-3H3. The summed E-state index contributed by atoms with van der Waals surface area (Å²) in [6, 6.07) is 4.12. The second-order valence-electron chi connectivity index (χ2n) is 5.85. The molecule has 1 fully saturated rings. The molecule has 1 aliphatic rings. The second-order valence-corrected chi connectivity index (χ2v) is 5.85. The van der Waals surface area contributed by atoms with Crippen LogP contribution in [0.5, 0.6) is 5.75 Å². The first kappa shape index (κ1) is 14.0. The van der Waals surface area contributed by atoms with Crippen LogP contribution in [0.4, 0.5) is 4.39 Å². The highest BCUT2D eigenvalue weighted by atomic mass is 19.1. The van der Waals surface area contributed by atoms with Crippen LogP contribution in [-0.4, -0.2) is 11.9 Å². The van der Waals surface area contributed by atoms with E-state index < -0.39 is 0 Å². The van der Waals surface area contributed by atoms with Gasteiger partial charge in [0.05, 0.1) is 11.7 Å². The van der Waals surface area contributed by atoms with Gasteiger partial charge in [0.15, 0.2) is 5.78 Å². The lowest BCUT2D eigenvalue weighted by Gasteiger charge is -2.32. The molecule has 0 saturated heterocycles. The average molecular weight is 264 g/mol. The summed E-state index contributed by atoms with van der Waals surface area (Å²) in [5.74, 6) is 1.16. The van der Waals surface area contributed by atoms with E-state index in [1.807, 2.05) is 0 Å². The summed E-state index contributed by atoms with van der Waals surface area (Å²) in [5.41, 5.74) is 0.465. The molecule has 2 nitrogen and oxygen atoms in total. The minimum absolute atomic E-state index is 0.0821. The fourth-order valence-electron chi connectivity index (χ4n) is 3.03. The summed E-state index contributed by atoms with van der Waals surface area (Å²) in [7, 11) is 0. The Labute approximate surface area is 114 Å². The minimum Gasteiger partial charge on any atom is -0.490 e. The van der Waals surface area contributed by atoms with E-state index in [9.17, 15) is 9.18 Å². The van der Waals surface area contributed by atoms with Gasteiger partial charge in [-0.25, -0.2) is 4.39 Å². The first-order chi connectivity index (χ1) is 8.95. The van der Waals surface area contributed by atoms with Crippen molar-refractivity contribution < 1.29 is 13.9 Å². The normalized spacial score (nSPS) is 27.1. The van der Waals surface area contributed by atoms with Gasteiger partial charge in [-0.1, -0.05) is 13.8 Å². The summed E-state index contributed by atoms with van der Waals surface area (Å²) in [4.78, 5) is 11.5. The lowest BCUT2D eigenvalue weighted by Crippen LogP contribution is -2.29. The molecule has 0 aliphatic heterocycles. The van der Waals surface area contributed by atoms with Crippen molar-refractivity contribution in [2.24, 2.45) is 11.8 Å². The molecule has 1 aliphatic carbocycles. The van der Waals surface area contributed by atoms with Crippen molar-refractivity contribution in [3.63, 3.8) is 0 Å². The zero-order chi connectivity index (χ0) is 14.0. The molecule has 0 aromatic heterocycles. The maximum atomic E-state index is 13.3. The third-order valence-corrected chi connectivity index (χ3v) is 3.75. The molecule has 0 radical (unpaired) electrons. The fourth-order valence-corrected chi connectivity index (χ4v) is 3.03. The minimum atomic E-state index is -0.364. The number of carbonyl (C=O) groups is 1. The number of carbonyl (C=O) groups excluding carboxylic acids is 1. The Bertz CT molecular complexity index is 460. The van der Waals surface area contributed by atoms with Crippen LogP contribution in [0, 0.1) is 17.7 Å². The van der Waals surface area contributed by atoms with Crippen molar-refractivity contribution in [1.29, 1.82) is 0 Å². The Morgan fingerprint density at radius 2 is 1.84 bits per heavy atom. The number of ketones is 1. The van der Waals surface area contributed by atoms with E-state index in [0.717, 1.165) is 12.8 Å². The third-order valence-electron chi connectivity index (χ3n) is 3.75. The molecular formula is C16H21FO2. The highest BCUT2D eigenvalue weighted by Gasteiger charge is 2.26. The summed E-state index contributed by atoms with van der Waals surface area (Å²) >= 11 is 0. The molecule has 2 atom stereocenters. The monoisotopic (exact) mass is 264 g/mol. The predicted molar refractivity (Wildman–Crippen MR) is 73.0 cm³/mol. The molecule has 2 rings (SSSR count). The molecule has 104 valence electrons. The molecule has 2 unspecified atom stereocenters. The Kier molecular flexibility index (Phi) is 4.23. The average Bonchev–Trinajstić information content (AvgIpc) is 2.26. The number of ether oxygens (including phenoxy) is 1. The van der Waals surface area contributed by atoms with E-state index in [4.69, 9.17) is 4.74 Å². The van der Waals surface area contributed by atoms with Gasteiger partial charge < -0.3 is 4.74 Å². The van der Waals surface area contributed by atoms with Gasteiger partial charge in [-0.2, -0.15) is 0 Å². The number of halogens is 1. The molecule has 1 aromatic rings. The van der Waals surface area contributed by atoms with Crippen LogP contribution in [0.2, 0.25) is 0 Å². The maximum absolute atomic E-state index is 13.3. The van der Waals surface area contributed by atoms with Gasteiger partial charge in [0.25, 0.3) is 0 Å². The summed E-state index contributed by atoms with van der Waals surface area (Å²) < 4.78 is 19.2. The second kappa shape index (κ2) is 5.72. The van der Waals surface area contributed by atoms with E-state index in [-0.39, 0.29) is 17.7 Å². The lowest BCUT2D eigenvalue weighted by molar-refractivity contribution is 0.0939. The molecule has 0 bridgehead atoms. The van der Waals surface area contributed by atoms with Crippen molar-refractivity contribution in [3.05, 3.63) is 29.6 Å². The molecule has 0 amide bonds. The smallest absolute Gasteiger partial charge is 0.163 e. The third kappa shape index (κ3) is 3.55. The number of rotatable bonds is 3. The van der Waals surface area contributed by atoms with E-state index in [2.05, 4.69) is 13.8 Å². The van der Waals surface area contributed by atoms with Crippen molar-refractivity contribution in [1.82, 2.24) is 0 Å². The molecule has 1 aromatic carbocycles. The first-order valence-corrected chi connectivity index (χ1v) is 6.93. The molecule has 19 heavy (non-hydrogen) atoms. The van der Waals surface area contributed by atoms with Gasteiger partial charge in [-0.05, 0) is 50.2 Å². The zero-order valence-corrected chi connectivity index (χ0v) is 11.8. The van der Waals surface area contributed by atoms with E-state index >= 15 is 0 Å². The van der Waals surface area contributed by atoms with Crippen LogP contribution in [-0.2, 0) is 0 Å². The molecule has 0 heterocycles. The van der Waals surface area contributed by atoms with Crippen LogP contribution in [0.15, 0.2) is 18.2 Å². The van der Waals surface area contributed by atoms with Crippen molar-refractivity contribution in [2.75, 3.05) is 0 Å². The number of Topliss-reactive ketones (excluding diaryl/α,β-unsaturated/α-hetero) is 1. The van der Waals surface area contributed by atoms with Gasteiger partial charge in [-0.15, -0.1) is 0 Å².